The van der Waals surface area contributed by atoms with Crippen LogP contribution in [0, 0.1) is 5.41 Å². The number of amides is 1. The van der Waals surface area contributed by atoms with Crippen LogP contribution in [-0.4, -0.2) is 35.5 Å². The quantitative estimate of drug-likeness (QED) is 0.739. The highest BCUT2D eigenvalue weighted by Crippen LogP contribution is 2.38. The first kappa shape index (κ1) is 17.8. The lowest BCUT2D eigenvalue weighted by atomic mass is 9.73. The van der Waals surface area contributed by atoms with Crippen molar-refractivity contribution >= 4 is 23.5 Å². The van der Waals surface area contributed by atoms with Crippen molar-refractivity contribution in [3.8, 4) is 0 Å². The normalized spacial score (nSPS) is 22.9. The minimum Gasteiger partial charge on any atom is -0.444 e. The maximum Gasteiger partial charge on any atom is 0.410 e. The van der Waals surface area contributed by atoms with E-state index in [0.717, 1.165) is 0 Å². The first-order valence-corrected chi connectivity index (χ1v) is 7.43. The summed E-state index contributed by atoms with van der Waals surface area (Å²) in [5, 5.41) is 0.413. The van der Waals surface area contributed by atoms with Gasteiger partial charge in [0.05, 0.1) is 5.41 Å². The van der Waals surface area contributed by atoms with Gasteiger partial charge in [-0.1, -0.05) is 24.3 Å². The summed E-state index contributed by atoms with van der Waals surface area (Å²) in [5.74, 6) is 0.101. The van der Waals surface area contributed by atoms with Crippen LogP contribution in [0.2, 0.25) is 0 Å². The highest BCUT2D eigenvalue weighted by molar-refractivity contribution is 6.29. The fourth-order valence-corrected chi connectivity index (χ4v) is 2.82. The van der Waals surface area contributed by atoms with Gasteiger partial charge in [-0.15, -0.1) is 6.58 Å². The average molecular weight is 314 g/mol. The van der Waals surface area contributed by atoms with Gasteiger partial charge in [-0.2, -0.15) is 0 Å². The molecule has 118 valence electrons. The fourth-order valence-electron chi connectivity index (χ4n) is 2.57. The molecule has 0 unspecified atom stereocenters. The van der Waals surface area contributed by atoms with Crippen molar-refractivity contribution in [1.82, 2.24) is 4.90 Å². The zero-order valence-electron chi connectivity index (χ0n) is 13.1. The summed E-state index contributed by atoms with van der Waals surface area (Å²) < 4.78 is 5.38. The summed E-state index contributed by atoms with van der Waals surface area (Å²) >= 11 is 5.92. The summed E-state index contributed by atoms with van der Waals surface area (Å²) in [5.41, 5.74) is -1.29. The van der Waals surface area contributed by atoms with Crippen LogP contribution in [0.5, 0.6) is 0 Å². The second kappa shape index (κ2) is 6.65. The predicted octanol–water partition coefficient (Wildman–Crippen LogP) is 3.90. The highest BCUT2D eigenvalue weighted by Gasteiger charge is 2.44. The van der Waals surface area contributed by atoms with Crippen molar-refractivity contribution < 1.29 is 14.3 Å². The van der Waals surface area contributed by atoms with Crippen molar-refractivity contribution in [2.75, 3.05) is 13.1 Å². The van der Waals surface area contributed by atoms with Crippen LogP contribution in [-0.2, 0) is 9.53 Å². The Morgan fingerprint density at radius 2 is 2.14 bits per heavy atom. The number of piperidine rings is 1. The summed E-state index contributed by atoms with van der Waals surface area (Å²) in [6, 6.07) is 0. The molecule has 0 aromatic carbocycles. The molecule has 1 rings (SSSR count). The predicted molar refractivity (Wildman–Crippen MR) is 84.3 cm³/mol. The van der Waals surface area contributed by atoms with Crippen LogP contribution >= 0.6 is 11.6 Å². The standard InChI is InChI=1S/C16H24ClNO3/c1-6-8-16(10-12(2)17)11-18(9-7-13(16)19)14(20)21-15(3,4)5/h6H,1-2,7-11H2,3-5H3/t16-/m0/s1. The second-order valence-corrected chi connectivity index (χ2v) is 7.08. The van der Waals surface area contributed by atoms with E-state index in [2.05, 4.69) is 13.2 Å². The highest BCUT2D eigenvalue weighted by atomic mass is 35.5. The number of carbonyl (C=O) groups excluding carboxylic acids is 2. The Labute approximate surface area is 131 Å². The molecule has 0 aromatic heterocycles. The summed E-state index contributed by atoms with van der Waals surface area (Å²) in [6.45, 7) is 13.5. The van der Waals surface area contributed by atoms with E-state index in [4.69, 9.17) is 16.3 Å². The second-order valence-electron chi connectivity index (χ2n) is 6.54. The molecule has 1 aliphatic rings. The first-order chi connectivity index (χ1) is 9.59. The number of hydrogen-bond acceptors (Lipinski definition) is 3. The summed E-state index contributed by atoms with van der Waals surface area (Å²) in [7, 11) is 0. The molecule has 1 atom stereocenters. The lowest BCUT2D eigenvalue weighted by molar-refractivity contribution is -0.133. The molecule has 4 nitrogen and oxygen atoms in total. The Kier molecular flexibility index (Phi) is 5.62. The number of carbonyl (C=O) groups is 2. The van der Waals surface area contributed by atoms with Crippen molar-refractivity contribution in [1.29, 1.82) is 0 Å². The maximum absolute atomic E-state index is 12.4. The van der Waals surface area contributed by atoms with Gasteiger partial charge in [0, 0.05) is 24.5 Å². The molecule has 1 amide bonds. The van der Waals surface area contributed by atoms with Crippen LogP contribution in [0.3, 0.4) is 0 Å². The van der Waals surface area contributed by atoms with Gasteiger partial charge in [0.25, 0.3) is 0 Å². The van der Waals surface area contributed by atoms with Crippen molar-refractivity contribution in [2.45, 2.75) is 45.6 Å². The molecule has 1 saturated heterocycles. The van der Waals surface area contributed by atoms with Crippen molar-refractivity contribution in [3.63, 3.8) is 0 Å². The Balaban J connectivity index is 2.93. The van der Waals surface area contributed by atoms with E-state index in [0.29, 0.717) is 37.4 Å². The fraction of sp³-hybridized carbons (Fsp3) is 0.625. The van der Waals surface area contributed by atoms with E-state index in [1.54, 1.807) is 11.0 Å². The smallest absolute Gasteiger partial charge is 0.410 e. The molecule has 0 radical (unpaired) electrons. The van der Waals surface area contributed by atoms with Crippen LogP contribution in [0.15, 0.2) is 24.3 Å². The third kappa shape index (κ3) is 4.88. The number of nitrogens with zero attached hydrogens (tertiary/aromatic N) is 1. The zero-order chi connectivity index (χ0) is 16.3. The summed E-state index contributed by atoms with van der Waals surface area (Å²) in [4.78, 5) is 26.2. The van der Waals surface area contributed by atoms with Gasteiger partial charge in [0.1, 0.15) is 11.4 Å². The first-order valence-electron chi connectivity index (χ1n) is 7.05. The number of Topliss-reactive ketones (excluding diaryl/α,β-unsaturated/α-hetero) is 1. The SMILES string of the molecule is C=CC[C@]1(CC(=C)Cl)CN(C(=O)OC(C)(C)C)CCC1=O. The van der Waals surface area contributed by atoms with Gasteiger partial charge in [-0.25, -0.2) is 4.79 Å². The number of likely N-dealkylation sites (tertiary alicyclic amines) is 1. The molecular weight excluding hydrogens is 290 g/mol. The third-order valence-corrected chi connectivity index (χ3v) is 3.54. The third-order valence-electron chi connectivity index (χ3n) is 3.41. The number of halogens is 1. The Morgan fingerprint density at radius 3 is 2.62 bits per heavy atom. The molecule has 0 saturated carbocycles. The van der Waals surface area contributed by atoms with E-state index in [1.165, 1.54) is 0 Å². The number of hydrogen-bond donors (Lipinski definition) is 0. The minimum atomic E-state index is -0.726. The molecule has 5 heteroatoms. The Bertz CT molecular complexity index is 453. The van der Waals surface area contributed by atoms with Gasteiger partial charge in [0.15, 0.2) is 0 Å². The molecule has 0 N–H and O–H groups in total. The van der Waals surface area contributed by atoms with Gasteiger partial charge >= 0.3 is 6.09 Å². The van der Waals surface area contributed by atoms with Gasteiger partial charge in [0.2, 0.25) is 0 Å². The maximum atomic E-state index is 12.4. The van der Waals surface area contributed by atoms with Gasteiger partial charge in [-0.05, 0) is 33.6 Å². The Morgan fingerprint density at radius 1 is 1.52 bits per heavy atom. The molecule has 0 aromatic rings. The number of rotatable bonds is 4. The minimum absolute atomic E-state index is 0.101. The lowest BCUT2D eigenvalue weighted by Gasteiger charge is -2.41. The van der Waals surface area contributed by atoms with E-state index in [1.807, 2.05) is 20.8 Å². The van der Waals surface area contributed by atoms with Crippen LogP contribution in [0.1, 0.15) is 40.0 Å². The van der Waals surface area contributed by atoms with E-state index in [9.17, 15) is 9.59 Å². The zero-order valence-corrected chi connectivity index (χ0v) is 13.8. The van der Waals surface area contributed by atoms with Crippen LogP contribution < -0.4 is 0 Å². The molecular formula is C16H24ClNO3. The van der Waals surface area contributed by atoms with E-state index >= 15 is 0 Å². The average Bonchev–Trinajstić information content (AvgIpc) is 2.30. The molecule has 0 aliphatic carbocycles. The monoisotopic (exact) mass is 313 g/mol. The molecule has 21 heavy (non-hydrogen) atoms. The van der Waals surface area contributed by atoms with Crippen molar-refractivity contribution in [2.24, 2.45) is 5.41 Å². The Hall–Kier alpha value is -1.29. The van der Waals surface area contributed by atoms with E-state index in [-0.39, 0.29) is 5.78 Å². The number of ketones is 1. The molecule has 1 heterocycles. The van der Waals surface area contributed by atoms with E-state index < -0.39 is 17.1 Å². The molecule has 0 spiro atoms. The van der Waals surface area contributed by atoms with Gasteiger partial charge in [-0.3, -0.25) is 4.79 Å². The number of ether oxygens (including phenoxy) is 1. The molecule has 1 aliphatic heterocycles. The van der Waals surface area contributed by atoms with Crippen LogP contribution in [0.25, 0.3) is 0 Å². The molecule has 1 fully saturated rings. The topological polar surface area (TPSA) is 46.6 Å². The summed E-state index contributed by atoms with van der Waals surface area (Å²) in [6.07, 6.45) is 2.41. The largest absolute Gasteiger partial charge is 0.444 e. The molecule has 0 bridgehead atoms. The van der Waals surface area contributed by atoms with Crippen molar-refractivity contribution in [3.05, 3.63) is 24.3 Å². The van der Waals surface area contributed by atoms with Crippen LogP contribution in [0.4, 0.5) is 4.79 Å². The number of allylic oxidation sites excluding steroid dienone is 2. The lowest BCUT2D eigenvalue weighted by Crippen LogP contribution is -2.52. The van der Waals surface area contributed by atoms with Gasteiger partial charge < -0.3 is 9.64 Å².